The average molecular weight is 351 g/mol. The van der Waals surface area contributed by atoms with Gasteiger partial charge in [0, 0.05) is 32.3 Å². The number of fused-ring (bicyclic) bond motifs is 4. The van der Waals surface area contributed by atoms with Crippen molar-refractivity contribution in [3.63, 3.8) is 0 Å². The maximum atomic E-state index is 11.7. The molecule has 1 aromatic rings. The largest absolute Gasteiger partial charge is 0.371 e. The van der Waals surface area contributed by atoms with E-state index >= 15 is 0 Å². The van der Waals surface area contributed by atoms with Gasteiger partial charge in [-0.3, -0.25) is 10.1 Å². The van der Waals surface area contributed by atoms with Crippen LogP contribution in [0, 0.1) is 16.0 Å². The summed E-state index contributed by atoms with van der Waals surface area (Å²) >= 11 is 5.82. The first kappa shape index (κ1) is 15.7. The molecule has 0 aromatic carbocycles. The van der Waals surface area contributed by atoms with E-state index in [1.807, 2.05) is 15.9 Å². The number of pyridine rings is 1. The van der Waals surface area contributed by atoms with Crippen LogP contribution in [0.3, 0.4) is 0 Å². The molecule has 0 radical (unpaired) electrons. The maximum absolute atomic E-state index is 11.7. The Morgan fingerprint density at radius 2 is 2.29 bits per heavy atom. The lowest BCUT2D eigenvalue weighted by molar-refractivity contribution is -0.443. The van der Waals surface area contributed by atoms with Gasteiger partial charge < -0.3 is 14.9 Å². The molecule has 0 spiro atoms. The monoisotopic (exact) mass is 350 g/mol. The Morgan fingerprint density at radius 3 is 3.00 bits per heavy atom. The van der Waals surface area contributed by atoms with Gasteiger partial charge in [-0.15, -0.1) is 0 Å². The van der Waals surface area contributed by atoms with Gasteiger partial charge in [0.2, 0.25) is 0 Å². The standard InChI is InChI=1S/C16H19ClN4O3/c17-13-4-3-11(9-18-13)10-19-6-7-20-15(19)14(21(23)24)12-2-1-5-16(20,22)8-12/h3-4,9,12,22H,1-2,5-8,10H2/t12-,16-/m1/s1. The van der Waals surface area contributed by atoms with Crippen LogP contribution in [-0.2, 0) is 6.54 Å². The van der Waals surface area contributed by atoms with E-state index in [2.05, 4.69) is 4.98 Å². The number of allylic oxidation sites excluding steroid dienone is 1. The number of nitro groups is 1. The van der Waals surface area contributed by atoms with Gasteiger partial charge in [0.15, 0.2) is 5.82 Å². The van der Waals surface area contributed by atoms with Gasteiger partial charge in [-0.05, 0) is 30.9 Å². The smallest absolute Gasteiger partial charge is 0.289 e. The molecule has 1 saturated carbocycles. The second-order valence-electron chi connectivity index (χ2n) is 6.80. The van der Waals surface area contributed by atoms with E-state index in [1.54, 1.807) is 12.3 Å². The Morgan fingerprint density at radius 1 is 1.46 bits per heavy atom. The lowest BCUT2D eigenvalue weighted by atomic mass is 9.77. The highest BCUT2D eigenvalue weighted by atomic mass is 35.5. The summed E-state index contributed by atoms with van der Waals surface area (Å²) in [7, 11) is 0. The number of rotatable bonds is 3. The van der Waals surface area contributed by atoms with Crippen molar-refractivity contribution in [1.29, 1.82) is 0 Å². The molecule has 3 heterocycles. The van der Waals surface area contributed by atoms with Crippen molar-refractivity contribution in [1.82, 2.24) is 14.8 Å². The molecule has 0 unspecified atom stereocenters. The fourth-order valence-corrected chi connectivity index (χ4v) is 4.42. The van der Waals surface area contributed by atoms with Crippen LogP contribution < -0.4 is 0 Å². The average Bonchev–Trinajstić information content (AvgIpc) is 2.94. The van der Waals surface area contributed by atoms with Gasteiger partial charge in [0.05, 0.1) is 10.8 Å². The minimum absolute atomic E-state index is 0.172. The van der Waals surface area contributed by atoms with Crippen molar-refractivity contribution >= 4 is 11.6 Å². The van der Waals surface area contributed by atoms with E-state index in [-0.39, 0.29) is 16.5 Å². The van der Waals surface area contributed by atoms with E-state index < -0.39 is 5.72 Å². The molecule has 1 N–H and O–H groups in total. The second kappa shape index (κ2) is 5.60. The molecule has 4 rings (SSSR count). The number of hydrogen-bond donors (Lipinski definition) is 1. The predicted molar refractivity (Wildman–Crippen MR) is 87.3 cm³/mol. The van der Waals surface area contributed by atoms with Crippen molar-refractivity contribution in [2.75, 3.05) is 13.1 Å². The van der Waals surface area contributed by atoms with Crippen LogP contribution in [0.25, 0.3) is 0 Å². The lowest BCUT2D eigenvalue weighted by Gasteiger charge is -2.47. The third-order valence-electron chi connectivity index (χ3n) is 5.33. The molecule has 2 fully saturated rings. The first-order chi connectivity index (χ1) is 11.5. The molecule has 2 aliphatic heterocycles. The Kier molecular flexibility index (Phi) is 3.65. The zero-order valence-corrected chi connectivity index (χ0v) is 13.9. The molecule has 2 bridgehead atoms. The van der Waals surface area contributed by atoms with Gasteiger partial charge >= 0.3 is 0 Å². The van der Waals surface area contributed by atoms with Gasteiger partial charge in [0.1, 0.15) is 10.9 Å². The minimum Gasteiger partial charge on any atom is -0.371 e. The summed E-state index contributed by atoms with van der Waals surface area (Å²) in [5.41, 5.74) is 0.267. The van der Waals surface area contributed by atoms with Crippen LogP contribution >= 0.6 is 11.6 Å². The molecule has 1 aromatic heterocycles. The number of aliphatic hydroxyl groups is 1. The summed E-state index contributed by atoms with van der Waals surface area (Å²) in [6, 6.07) is 3.60. The van der Waals surface area contributed by atoms with Crippen molar-refractivity contribution < 1.29 is 10.0 Å². The molecule has 1 aliphatic carbocycles. The molecule has 24 heavy (non-hydrogen) atoms. The van der Waals surface area contributed by atoms with Gasteiger partial charge in [-0.1, -0.05) is 17.7 Å². The van der Waals surface area contributed by atoms with Crippen LogP contribution in [0.15, 0.2) is 29.8 Å². The topological polar surface area (TPSA) is 82.7 Å². The Balaban J connectivity index is 1.72. The third kappa shape index (κ3) is 2.43. The highest BCUT2D eigenvalue weighted by Crippen LogP contribution is 2.48. The minimum atomic E-state index is -0.940. The Labute approximate surface area is 144 Å². The SMILES string of the molecule is O=[N+]([O-])C1=C2N(Cc3ccc(Cl)nc3)CCN2[C@@]2(O)CCC[C@@H]1C2. The molecule has 7 nitrogen and oxygen atoms in total. The first-order valence-electron chi connectivity index (χ1n) is 8.22. The quantitative estimate of drug-likeness (QED) is 0.511. The van der Waals surface area contributed by atoms with E-state index in [1.165, 1.54) is 0 Å². The van der Waals surface area contributed by atoms with E-state index in [4.69, 9.17) is 11.6 Å². The zero-order chi connectivity index (χ0) is 16.9. The normalized spacial score (nSPS) is 29.0. The second-order valence-corrected chi connectivity index (χ2v) is 7.19. The van der Waals surface area contributed by atoms with E-state index in [9.17, 15) is 15.2 Å². The van der Waals surface area contributed by atoms with Crippen LogP contribution in [0.4, 0.5) is 0 Å². The van der Waals surface area contributed by atoms with Crippen molar-refractivity contribution in [2.24, 2.45) is 5.92 Å². The van der Waals surface area contributed by atoms with E-state index in [0.717, 1.165) is 18.4 Å². The summed E-state index contributed by atoms with van der Waals surface area (Å²) in [6.07, 6.45) is 4.42. The fraction of sp³-hybridized carbons (Fsp3) is 0.562. The highest BCUT2D eigenvalue weighted by molar-refractivity contribution is 6.29. The number of halogens is 1. The molecule has 0 amide bonds. The van der Waals surface area contributed by atoms with Gasteiger partial charge in [0.25, 0.3) is 5.70 Å². The molecule has 8 heteroatoms. The molecule has 3 aliphatic rings. The van der Waals surface area contributed by atoms with Crippen molar-refractivity contribution in [2.45, 2.75) is 38.0 Å². The van der Waals surface area contributed by atoms with Gasteiger partial charge in [-0.25, -0.2) is 4.98 Å². The number of aromatic nitrogens is 1. The van der Waals surface area contributed by atoms with Crippen LogP contribution in [-0.4, -0.2) is 43.6 Å². The Hall–Kier alpha value is -1.86. The fourth-order valence-electron chi connectivity index (χ4n) is 4.31. The number of hydrogen-bond acceptors (Lipinski definition) is 6. The summed E-state index contributed by atoms with van der Waals surface area (Å²) in [4.78, 5) is 19.4. The maximum Gasteiger partial charge on any atom is 0.289 e. The summed E-state index contributed by atoms with van der Waals surface area (Å²) in [6.45, 7) is 1.79. The van der Waals surface area contributed by atoms with Crippen LogP contribution in [0.5, 0.6) is 0 Å². The molecule has 2 atom stereocenters. The predicted octanol–water partition coefficient (Wildman–Crippen LogP) is 2.19. The molecular formula is C16H19ClN4O3. The van der Waals surface area contributed by atoms with E-state index in [0.29, 0.717) is 43.4 Å². The Bertz CT molecular complexity index is 708. The summed E-state index contributed by atoms with van der Waals surface area (Å²) in [5.74, 6) is 0.419. The lowest BCUT2D eigenvalue weighted by Crippen LogP contribution is -2.54. The highest BCUT2D eigenvalue weighted by Gasteiger charge is 2.54. The zero-order valence-electron chi connectivity index (χ0n) is 13.2. The number of nitrogens with zero attached hydrogens (tertiary/aromatic N) is 4. The van der Waals surface area contributed by atoms with Crippen LogP contribution in [0.1, 0.15) is 31.2 Å². The van der Waals surface area contributed by atoms with Crippen molar-refractivity contribution in [3.05, 3.63) is 50.7 Å². The van der Waals surface area contributed by atoms with Gasteiger partial charge in [-0.2, -0.15) is 0 Å². The summed E-state index contributed by atoms with van der Waals surface area (Å²) < 4.78 is 0. The first-order valence-corrected chi connectivity index (χ1v) is 8.60. The molecule has 1 saturated heterocycles. The van der Waals surface area contributed by atoms with Crippen LogP contribution in [0.2, 0.25) is 5.15 Å². The molecule has 128 valence electrons. The third-order valence-corrected chi connectivity index (χ3v) is 5.55. The van der Waals surface area contributed by atoms with Crippen molar-refractivity contribution in [3.8, 4) is 0 Å². The molecular weight excluding hydrogens is 332 g/mol. The summed E-state index contributed by atoms with van der Waals surface area (Å²) in [5, 5.41) is 23.2.